The van der Waals surface area contributed by atoms with Crippen molar-refractivity contribution in [2.75, 3.05) is 0 Å². The van der Waals surface area contributed by atoms with Crippen LogP contribution in [0, 0.1) is 0 Å². The van der Waals surface area contributed by atoms with Gasteiger partial charge in [0.1, 0.15) is 5.75 Å². The quantitative estimate of drug-likeness (QED) is 0.439. The van der Waals surface area contributed by atoms with E-state index in [1.54, 1.807) is 0 Å². The van der Waals surface area contributed by atoms with Gasteiger partial charge in [-0.05, 0) is 18.6 Å². The van der Waals surface area contributed by atoms with Crippen LogP contribution in [0.2, 0.25) is 0 Å². The van der Waals surface area contributed by atoms with Gasteiger partial charge in [-0.25, -0.2) is 0 Å². The van der Waals surface area contributed by atoms with Crippen molar-refractivity contribution >= 4 is 0 Å². The van der Waals surface area contributed by atoms with Gasteiger partial charge in [0.25, 0.3) is 0 Å². The lowest BCUT2D eigenvalue weighted by Crippen LogP contribution is -2.34. The zero-order valence-corrected chi connectivity index (χ0v) is 13.1. The molecule has 20 heavy (non-hydrogen) atoms. The highest BCUT2D eigenvalue weighted by Gasteiger charge is 2.26. The molecule has 2 heteroatoms. The number of ether oxygens (including phenoxy) is 1. The van der Waals surface area contributed by atoms with Crippen LogP contribution in [0.3, 0.4) is 0 Å². The summed E-state index contributed by atoms with van der Waals surface area (Å²) in [7, 11) is 0. The number of rotatable bonds is 11. The molecule has 0 aliphatic heterocycles. The fourth-order valence-electron chi connectivity index (χ4n) is 2.37. The monoisotopic (exact) mass is 278 g/mol. The minimum atomic E-state index is -1.01. The molecule has 0 aliphatic carbocycles. The minimum absolute atomic E-state index is 0.623. The molecule has 1 atom stereocenters. The summed E-state index contributed by atoms with van der Waals surface area (Å²) in [4.78, 5) is 0. The number of hydrogen-bond donors (Lipinski definition) is 1. The van der Waals surface area contributed by atoms with E-state index in [1.807, 2.05) is 37.3 Å². The maximum absolute atomic E-state index is 10.5. The molecule has 0 saturated carbocycles. The standard InChI is InChI=1S/C18H30O2/c1-3-5-6-7-8-9-13-16-18(19,4-2)20-17-14-11-10-12-15-17/h10-12,14-15,19H,3-9,13,16H2,1-2H3. The Hall–Kier alpha value is -1.02. The van der Waals surface area contributed by atoms with Crippen molar-refractivity contribution in [3.8, 4) is 5.75 Å². The Balaban J connectivity index is 2.24. The van der Waals surface area contributed by atoms with Crippen LogP contribution in [0.25, 0.3) is 0 Å². The van der Waals surface area contributed by atoms with Crippen molar-refractivity contribution in [3.63, 3.8) is 0 Å². The summed E-state index contributed by atoms with van der Waals surface area (Å²) in [5.74, 6) is -0.259. The van der Waals surface area contributed by atoms with Gasteiger partial charge in [0.2, 0.25) is 5.79 Å². The lowest BCUT2D eigenvalue weighted by Gasteiger charge is -2.28. The topological polar surface area (TPSA) is 29.5 Å². The Labute approximate surface area is 124 Å². The predicted molar refractivity (Wildman–Crippen MR) is 84.9 cm³/mol. The highest BCUT2D eigenvalue weighted by Crippen LogP contribution is 2.24. The summed E-state index contributed by atoms with van der Waals surface area (Å²) in [5, 5.41) is 10.5. The molecule has 0 aliphatic rings. The van der Waals surface area contributed by atoms with Crippen molar-refractivity contribution in [2.45, 2.75) is 77.4 Å². The first-order valence-corrected chi connectivity index (χ1v) is 8.16. The second-order valence-corrected chi connectivity index (χ2v) is 5.59. The van der Waals surface area contributed by atoms with Crippen molar-refractivity contribution in [3.05, 3.63) is 30.3 Å². The molecule has 0 amide bonds. The molecule has 1 rings (SSSR count). The molecule has 0 aromatic heterocycles. The van der Waals surface area contributed by atoms with Crippen LogP contribution in [0.15, 0.2) is 30.3 Å². The summed E-state index contributed by atoms with van der Waals surface area (Å²) < 4.78 is 5.75. The molecule has 1 aromatic rings. The van der Waals surface area contributed by atoms with Gasteiger partial charge in [0, 0.05) is 12.8 Å². The number of para-hydroxylation sites is 1. The van der Waals surface area contributed by atoms with E-state index >= 15 is 0 Å². The Morgan fingerprint density at radius 3 is 2.10 bits per heavy atom. The zero-order chi connectivity index (χ0) is 14.7. The third-order valence-electron chi connectivity index (χ3n) is 3.77. The van der Waals surface area contributed by atoms with Crippen molar-refractivity contribution in [1.82, 2.24) is 0 Å². The van der Waals surface area contributed by atoms with Gasteiger partial charge < -0.3 is 9.84 Å². The van der Waals surface area contributed by atoms with E-state index < -0.39 is 5.79 Å². The second-order valence-electron chi connectivity index (χ2n) is 5.59. The third kappa shape index (κ3) is 6.95. The summed E-state index contributed by atoms with van der Waals surface area (Å²) in [6, 6.07) is 9.60. The largest absolute Gasteiger partial charge is 0.463 e. The van der Waals surface area contributed by atoms with Gasteiger partial charge in [-0.3, -0.25) is 0 Å². The first-order chi connectivity index (χ1) is 9.70. The predicted octanol–water partition coefficient (Wildman–Crippen LogP) is 5.30. The van der Waals surface area contributed by atoms with E-state index in [9.17, 15) is 5.11 Å². The van der Waals surface area contributed by atoms with Crippen LogP contribution in [-0.4, -0.2) is 10.9 Å². The average molecular weight is 278 g/mol. The highest BCUT2D eigenvalue weighted by molar-refractivity contribution is 5.21. The van der Waals surface area contributed by atoms with Crippen LogP contribution in [0.1, 0.15) is 71.6 Å². The fourth-order valence-corrected chi connectivity index (χ4v) is 2.37. The molecule has 0 bridgehead atoms. The molecule has 1 unspecified atom stereocenters. The van der Waals surface area contributed by atoms with E-state index in [0.717, 1.165) is 12.2 Å². The van der Waals surface area contributed by atoms with Crippen molar-refractivity contribution in [2.24, 2.45) is 0 Å². The normalized spacial score (nSPS) is 13.9. The van der Waals surface area contributed by atoms with Crippen LogP contribution in [0.5, 0.6) is 5.75 Å². The van der Waals surface area contributed by atoms with E-state index in [0.29, 0.717) is 12.8 Å². The van der Waals surface area contributed by atoms with E-state index in [-0.39, 0.29) is 0 Å². The van der Waals surface area contributed by atoms with Crippen molar-refractivity contribution in [1.29, 1.82) is 0 Å². The molecule has 0 heterocycles. The molecule has 0 spiro atoms. The van der Waals surface area contributed by atoms with Crippen LogP contribution in [-0.2, 0) is 0 Å². The maximum atomic E-state index is 10.5. The van der Waals surface area contributed by atoms with Crippen LogP contribution >= 0.6 is 0 Å². The van der Waals surface area contributed by atoms with Gasteiger partial charge >= 0.3 is 0 Å². The van der Waals surface area contributed by atoms with Gasteiger partial charge in [0.05, 0.1) is 0 Å². The molecular weight excluding hydrogens is 248 g/mol. The molecule has 0 radical (unpaired) electrons. The van der Waals surface area contributed by atoms with E-state index in [1.165, 1.54) is 38.5 Å². The molecule has 0 saturated heterocycles. The van der Waals surface area contributed by atoms with Crippen LogP contribution < -0.4 is 4.74 Å². The smallest absolute Gasteiger partial charge is 0.207 e. The third-order valence-corrected chi connectivity index (χ3v) is 3.77. The molecule has 0 fully saturated rings. The van der Waals surface area contributed by atoms with Crippen LogP contribution in [0.4, 0.5) is 0 Å². The Morgan fingerprint density at radius 2 is 1.50 bits per heavy atom. The summed E-state index contributed by atoms with van der Waals surface area (Å²) in [6.07, 6.45) is 10.1. The summed E-state index contributed by atoms with van der Waals surface area (Å²) in [5.41, 5.74) is 0. The SMILES string of the molecule is CCCCCCCCCC(O)(CC)Oc1ccccc1. The molecule has 2 nitrogen and oxygen atoms in total. The number of hydrogen-bond acceptors (Lipinski definition) is 2. The summed E-state index contributed by atoms with van der Waals surface area (Å²) >= 11 is 0. The van der Waals surface area contributed by atoms with Gasteiger partial charge in [-0.2, -0.15) is 0 Å². The van der Waals surface area contributed by atoms with E-state index in [4.69, 9.17) is 4.74 Å². The molecule has 1 N–H and O–H groups in total. The first kappa shape index (κ1) is 17.0. The Kier molecular flexibility index (Phi) is 8.36. The highest BCUT2D eigenvalue weighted by atomic mass is 16.6. The number of aliphatic hydroxyl groups is 1. The van der Waals surface area contributed by atoms with Gasteiger partial charge in [0.15, 0.2) is 0 Å². The van der Waals surface area contributed by atoms with Gasteiger partial charge in [-0.1, -0.05) is 70.6 Å². The fraction of sp³-hybridized carbons (Fsp3) is 0.667. The first-order valence-electron chi connectivity index (χ1n) is 8.16. The molecule has 114 valence electrons. The van der Waals surface area contributed by atoms with E-state index in [2.05, 4.69) is 6.92 Å². The Morgan fingerprint density at radius 1 is 0.900 bits per heavy atom. The maximum Gasteiger partial charge on any atom is 0.207 e. The molecular formula is C18H30O2. The molecule has 1 aromatic carbocycles. The Bertz CT molecular complexity index is 337. The number of benzene rings is 1. The van der Waals surface area contributed by atoms with Gasteiger partial charge in [-0.15, -0.1) is 0 Å². The van der Waals surface area contributed by atoms with Crippen molar-refractivity contribution < 1.29 is 9.84 Å². The second kappa shape index (κ2) is 9.82. The average Bonchev–Trinajstić information content (AvgIpc) is 2.47. The number of unbranched alkanes of at least 4 members (excludes halogenated alkanes) is 6. The zero-order valence-electron chi connectivity index (χ0n) is 13.1. The lowest BCUT2D eigenvalue weighted by atomic mass is 10.0. The summed E-state index contributed by atoms with van der Waals surface area (Å²) in [6.45, 7) is 4.21. The lowest BCUT2D eigenvalue weighted by molar-refractivity contribution is -0.145. The minimum Gasteiger partial charge on any atom is -0.463 e.